The summed E-state index contributed by atoms with van der Waals surface area (Å²) in [7, 11) is 0. The molecule has 0 aliphatic rings. The summed E-state index contributed by atoms with van der Waals surface area (Å²) in [6.07, 6.45) is -1.97. The molecule has 0 heterocycles. The number of carboxylic acids is 1. The lowest BCUT2D eigenvalue weighted by Gasteiger charge is -2.09. The highest BCUT2D eigenvalue weighted by Gasteiger charge is 2.29. The number of carbonyl (C=O) groups is 1. The molecular formula is C16H11F3O2. The van der Waals surface area contributed by atoms with Gasteiger partial charge in [-0.05, 0) is 34.9 Å². The summed E-state index contributed by atoms with van der Waals surface area (Å²) < 4.78 is 37.6. The largest absolute Gasteiger partial charge is 0.478 e. The van der Waals surface area contributed by atoms with Gasteiger partial charge in [0.05, 0.1) is 5.56 Å². The lowest BCUT2D eigenvalue weighted by Crippen LogP contribution is -2.04. The van der Waals surface area contributed by atoms with Gasteiger partial charge in [-0.1, -0.05) is 36.4 Å². The van der Waals surface area contributed by atoms with Gasteiger partial charge in [-0.15, -0.1) is 0 Å². The highest BCUT2D eigenvalue weighted by atomic mass is 19.4. The van der Waals surface area contributed by atoms with E-state index in [4.69, 9.17) is 5.11 Å². The predicted molar refractivity (Wildman–Crippen MR) is 73.5 cm³/mol. The highest BCUT2D eigenvalue weighted by Crippen LogP contribution is 2.32. The maximum absolute atomic E-state index is 12.5. The number of carboxylic acid groups (broad SMARTS) is 1. The molecule has 0 aromatic heterocycles. The summed E-state index contributed by atoms with van der Waals surface area (Å²) in [5.74, 6) is -1.09. The molecule has 0 atom stereocenters. The third-order valence-corrected chi connectivity index (χ3v) is 2.89. The Morgan fingerprint density at radius 1 is 1.00 bits per heavy atom. The molecule has 5 heteroatoms. The summed E-state index contributed by atoms with van der Waals surface area (Å²) in [6.45, 7) is 0. The zero-order valence-corrected chi connectivity index (χ0v) is 10.8. The minimum Gasteiger partial charge on any atom is -0.478 e. The topological polar surface area (TPSA) is 37.3 Å². The number of rotatable bonds is 3. The molecule has 0 bridgehead atoms. The van der Waals surface area contributed by atoms with E-state index in [1.807, 2.05) is 0 Å². The fraction of sp³-hybridized carbons (Fsp3) is 0.0625. The SMILES string of the molecule is O=C(O)/C=C/c1ccccc1-c1ccc(C(F)(F)F)cc1. The average molecular weight is 292 g/mol. The predicted octanol–water partition coefficient (Wildman–Crippen LogP) is 4.47. The molecule has 2 nitrogen and oxygen atoms in total. The van der Waals surface area contributed by atoms with Crippen LogP contribution in [0, 0.1) is 0 Å². The van der Waals surface area contributed by atoms with Gasteiger partial charge < -0.3 is 5.11 Å². The van der Waals surface area contributed by atoms with Crippen molar-refractivity contribution in [1.29, 1.82) is 0 Å². The van der Waals surface area contributed by atoms with E-state index in [0.29, 0.717) is 16.7 Å². The first kappa shape index (κ1) is 14.8. The molecule has 0 fully saturated rings. The molecule has 108 valence electrons. The van der Waals surface area contributed by atoms with E-state index in [1.54, 1.807) is 24.3 Å². The summed E-state index contributed by atoms with van der Waals surface area (Å²) >= 11 is 0. The van der Waals surface area contributed by atoms with Crippen LogP contribution >= 0.6 is 0 Å². The Kier molecular flexibility index (Phi) is 4.12. The summed E-state index contributed by atoms with van der Waals surface area (Å²) in [5.41, 5.74) is 1.17. The molecule has 2 aromatic carbocycles. The molecule has 0 amide bonds. The van der Waals surface area contributed by atoms with Crippen LogP contribution in [0.15, 0.2) is 54.6 Å². The Labute approximate surface area is 119 Å². The lowest BCUT2D eigenvalue weighted by molar-refractivity contribution is -0.137. The van der Waals surface area contributed by atoms with Gasteiger partial charge in [0, 0.05) is 6.08 Å². The van der Waals surface area contributed by atoms with Gasteiger partial charge in [0.2, 0.25) is 0 Å². The number of alkyl halides is 3. The van der Waals surface area contributed by atoms with Crippen LogP contribution < -0.4 is 0 Å². The van der Waals surface area contributed by atoms with E-state index in [2.05, 4.69) is 0 Å². The van der Waals surface area contributed by atoms with Crippen molar-refractivity contribution >= 4 is 12.0 Å². The molecular weight excluding hydrogens is 281 g/mol. The maximum atomic E-state index is 12.5. The first-order valence-corrected chi connectivity index (χ1v) is 6.05. The van der Waals surface area contributed by atoms with E-state index >= 15 is 0 Å². The molecule has 0 spiro atoms. The molecule has 0 unspecified atom stereocenters. The van der Waals surface area contributed by atoms with Crippen molar-refractivity contribution in [1.82, 2.24) is 0 Å². The summed E-state index contributed by atoms with van der Waals surface area (Å²) in [6, 6.07) is 11.7. The Bertz CT molecular complexity index is 671. The van der Waals surface area contributed by atoms with Crippen LogP contribution in [0.25, 0.3) is 17.2 Å². The van der Waals surface area contributed by atoms with Crippen LogP contribution in [0.1, 0.15) is 11.1 Å². The summed E-state index contributed by atoms with van der Waals surface area (Å²) in [5, 5.41) is 8.65. The quantitative estimate of drug-likeness (QED) is 0.847. The van der Waals surface area contributed by atoms with Gasteiger partial charge in [-0.3, -0.25) is 0 Å². The van der Waals surface area contributed by atoms with Crippen LogP contribution in [-0.2, 0) is 11.0 Å². The zero-order chi connectivity index (χ0) is 15.5. The minimum absolute atomic E-state index is 0.591. The highest BCUT2D eigenvalue weighted by molar-refractivity contribution is 5.87. The maximum Gasteiger partial charge on any atom is 0.416 e. The second kappa shape index (κ2) is 5.83. The fourth-order valence-corrected chi connectivity index (χ4v) is 1.91. The molecule has 1 N–H and O–H groups in total. The number of aliphatic carboxylic acids is 1. The van der Waals surface area contributed by atoms with E-state index in [9.17, 15) is 18.0 Å². The standard InChI is InChI=1S/C16H11F3O2/c17-16(18,19)13-8-5-12(6-9-13)14-4-2-1-3-11(14)7-10-15(20)21/h1-10H,(H,20,21)/b10-7+. The molecule has 0 saturated heterocycles. The van der Waals surface area contributed by atoms with Gasteiger partial charge in [-0.25, -0.2) is 4.79 Å². The van der Waals surface area contributed by atoms with Crippen LogP contribution in [0.3, 0.4) is 0 Å². The minimum atomic E-state index is -4.37. The Morgan fingerprint density at radius 2 is 1.62 bits per heavy atom. The molecule has 0 radical (unpaired) electrons. The molecule has 0 saturated carbocycles. The van der Waals surface area contributed by atoms with Gasteiger partial charge in [0.25, 0.3) is 0 Å². The Hall–Kier alpha value is -2.56. The second-order valence-electron chi connectivity index (χ2n) is 4.33. The fourth-order valence-electron chi connectivity index (χ4n) is 1.91. The molecule has 2 aromatic rings. The van der Waals surface area contributed by atoms with Crippen LogP contribution in [0.4, 0.5) is 13.2 Å². The van der Waals surface area contributed by atoms with Crippen molar-refractivity contribution in [3.8, 4) is 11.1 Å². The number of hydrogen-bond acceptors (Lipinski definition) is 1. The van der Waals surface area contributed by atoms with Crippen molar-refractivity contribution in [2.45, 2.75) is 6.18 Å². The molecule has 21 heavy (non-hydrogen) atoms. The number of halogens is 3. The third-order valence-electron chi connectivity index (χ3n) is 2.89. The number of hydrogen-bond donors (Lipinski definition) is 1. The first-order valence-electron chi connectivity index (χ1n) is 6.05. The van der Waals surface area contributed by atoms with E-state index < -0.39 is 17.7 Å². The normalized spacial score (nSPS) is 11.8. The van der Waals surface area contributed by atoms with Gasteiger partial charge in [-0.2, -0.15) is 13.2 Å². The van der Waals surface area contributed by atoms with Crippen molar-refractivity contribution < 1.29 is 23.1 Å². The molecule has 0 aliphatic carbocycles. The lowest BCUT2D eigenvalue weighted by atomic mass is 9.98. The Balaban J connectivity index is 2.41. The van der Waals surface area contributed by atoms with Crippen molar-refractivity contribution in [3.63, 3.8) is 0 Å². The van der Waals surface area contributed by atoms with Gasteiger partial charge in [0.1, 0.15) is 0 Å². The second-order valence-corrected chi connectivity index (χ2v) is 4.33. The average Bonchev–Trinajstić information content (AvgIpc) is 2.44. The smallest absolute Gasteiger partial charge is 0.416 e. The summed E-state index contributed by atoms with van der Waals surface area (Å²) in [4.78, 5) is 10.6. The van der Waals surface area contributed by atoms with E-state index in [-0.39, 0.29) is 0 Å². The molecule has 0 aliphatic heterocycles. The zero-order valence-electron chi connectivity index (χ0n) is 10.8. The number of benzene rings is 2. The third kappa shape index (κ3) is 3.72. The van der Waals surface area contributed by atoms with Crippen LogP contribution in [0.5, 0.6) is 0 Å². The van der Waals surface area contributed by atoms with Crippen LogP contribution in [0.2, 0.25) is 0 Å². The van der Waals surface area contributed by atoms with Gasteiger partial charge in [0.15, 0.2) is 0 Å². The first-order chi connectivity index (χ1) is 9.88. The van der Waals surface area contributed by atoms with Crippen molar-refractivity contribution in [3.05, 3.63) is 65.7 Å². The van der Waals surface area contributed by atoms with Crippen molar-refractivity contribution in [2.75, 3.05) is 0 Å². The Morgan fingerprint density at radius 3 is 2.19 bits per heavy atom. The van der Waals surface area contributed by atoms with E-state index in [1.165, 1.54) is 18.2 Å². The monoisotopic (exact) mass is 292 g/mol. The molecule has 2 rings (SSSR count). The van der Waals surface area contributed by atoms with E-state index in [0.717, 1.165) is 18.2 Å². The van der Waals surface area contributed by atoms with Gasteiger partial charge >= 0.3 is 12.1 Å². The van der Waals surface area contributed by atoms with Crippen molar-refractivity contribution in [2.24, 2.45) is 0 Å². The van der Waals surface area contributed by atoms with Crippen LogP contribution in [-0.4, -0.2) is 11.1 Å².